The first kappa shape index (κ1) is 12.5. The van der Waals surface area contributed by atoms with E-state index in [1.165, 1.54) is 10.5 Å². The van der Waals surface area contributed by atoms with Crippen molar-refractivity contribution in [3.05, 3.63) is 12.0 Å². The van der Waals surface area contributed by atoms with Gasteiger partial charge in [-0.05, 0) is 12.8 Å². The number of hydrogen-bond donors (Lipinski definition) is 2. The Morgan fingerprint density at radius 2 is 2.41 bits per heavy atom. The van der Waals surface area contributed by atoms with Gasteiger partial charge in [-0.1, -0.05) is 6.92 Å². The fourth-order valence-electron chi connectivity index (χ4n) is 1.99. The van der Waals surface area contributed by atoms with Crippen molar-refractivity contribution in [1.82, 2.24) is 14.3 Å². The van der Waals surface area contributed by atoms with Gasteiger partial charge in [-0.15, -0.1) is 0 Å². The molecular weight excluding hydrogens is 240 g/mol. The number of nitrogens with one attached hydrogen (secondary N) is 1. The third-order valence-corrected chi connectivity index (χ3v) is 4.75. The molecule has 1 aliphatic heterocycles. The molecule has 1 aromatic rings. The van der Waals surface area contributed by atoms with Crippen molar-refractivity contribution in [2.75, 3.05) is 13.1 Å². The summed E-state index contributed by atoms with van der Waals surface area (Å²) in [6.07, 6.45) is 3.77. The molecule has 0 aliphatic carbocycles. The van der Waals surface area contributed by atoms with E-state index in [4.69, 9.17) is 5.73 Å². The molecule has 7 heteroatoms. The second-order valence-electron chi connectivity index (χ2n) is 4.31. The summed E-state index contributed by atoms with van der Waals surface area (Å²) < 4.78 is 26.0. The highest BCUT2D eigenvalue weighted by Crippen LogP contribution is 2.18. The van der Waals surface area contributed by atoms with Crippen molar-refractivity contribution in [3.63, 3.8) is 0 Å². The summed E-state index contributed by atoms with van der Waals surface area (Å²) in [5.74, 6) is 0.685. The van der Waals surface area contributed by atoms with Gasteiger partial charge < -0.3 is 10.7 Å². The van der Waals surface area contributed by atoms with Crippen molar-refractivity contribution >= 4 is 10.0 Å². The molecule has 0 bridgehead atoms. The number of nitrogens with zero attached hydrogens (tertiary/aromatic N) is 2. The SMILES string of the molecule is CCc1ncc(S(=O)(=O)N2CCCC(N)C2)[nH]1. The molecule has 1 aliphatic rings. The summed E-state index contributed by atoms with van der Waals surface area (Å²) in [4.78, 5) is 6.86. The molecule has 1 saturated heterocycles. The van der Waals surface area contributed by atoms with Crippen LogP contribution >= 0.6 is 0 Å². The van der Waals surface area contributed by atoms with E-state index in [1.54, 1.807) is 0 Å². The Balaban J connectivity index is 2.23. The molecule has 0 aromatic carbocycles. The minimum atomic E-state index is -3.45. The van der Waals surface area contributed by atoms with E-state index >= 15 is 0 Å². The lowest BCUT2D eigenvalue weighted by Gasteiger charge is -2.29. The van der Waals surface area contributed by atoms with Crippen LogP contribution in [0.1, 0.15) is 25.6 Å². The number of aromatic nitrogens is 2. The topological polar surface area (TPSA) is 92.1 Å². The van der Waals surface area contributed by atoms with Gasteiger partial charge in [0.2, 0.25) is 0 Å². The van der Waals surface area contributed by atoms with Gasteiger partial charge in [-0.2, -0.15) is 4.31 Å². The van der Waals surface area contributed by atoms with E-state index in [0.29, 0.717) is 25.3 Å². The Hall–Kier alpha value is -0.920. The molecule has 0 radical (unpaired) electrons. The Labute approximate surface area is 101 Å². The van der Waals surface area contributed by atoms with Crippen LogP contribution in [0.25, 0.3) is 0 Å². The zero-order valence-electron chi connectivity index (χ0n) is 9.89. The molecular formula is C10H18N4O2S. The van der Waals surface area contributed by atoms with Gasteiger partial charge in [0.15, 0.2) is 5.03 Å². The molecule has 17 heavy (non-hydrogen) atoms. The summed E-state index contributed by atoms with van der Waals surface area (Å²) in [5, 5.41) is 0.170. The minimum Gasteiger partial charge on any atom is -0.332 e. The third kappa shape index (κ3) is 2.51. The Kier molecular flexibility index (Phi) is 3.50. The molecule has 3 N–H and O–H groups in total. The molecule has 1 fully saturated rings. The van der Waals surface area contributed by atoms with Crippen LogP contribution in [0, 0.1) is 0 Å². The van der Waals surface area contributed by atoms with Crippen LogP contribution in [0.2, 0.25) is 0 Å². The number of hydrogen-bond acceptors (Lipinski definition) is 4. The molecule has 0 spiro atoms. The zero-order chi connectivity index (χ0) is 12.5. The first-order valence-electron chi connectivity index (χ1n) is 5.83. The number of piperidine rings is 1. The predicted molar refractivity (Wildman–Crippen MR) is 63.9 cm³/mol. The quantitative estimate of drug-likeness (QED) is 0.803. The van der Waals surface area contributed by atoms with Crippen LogP contribution in [0.4, 0.5) is 0 Å². The number of rotatable bonds is 3. The van der Waals surface area contributed by atoms with Gasteiger partial charge in [0.1, 0.15) is 5.82 Å². The number of aryl methyl sites for hydroxylation is 1. The second-order valence-corrected chi connectivity index (χ2v) is 6.22. The van der Waals surface area contributed by atoms with Gasteiger partial charge >= 0.3 is 0 Å². The highest BCUT2D eigenvalue weighted by atomic mass is 32.2. The molecule has 0 amide bonds. The lowest BCUT2D eigenvalue weighted by Crippen LogP contribution is -2.45. The number of imidazole rings is 1. The monoisotopic (exact) mass is 258 g/mol. The number of nitrogens with two attached hydrogens (primary N) is 1. The van der Waals surface area contributed by atoms with Gasteiger partial charge in [0.25, 0.3) is 10.0 Å². The van der Waals surface area contributed by atoms with E-state index in [-0.39, 0.29) is 11.1 Å². The zero-order valence-corrected chi connectivity index (χ0v) is 10.7. The standard InChI is InChI=1S/C10H18N4O2S/c1-2-9-12-6-10(13-9)17(15,16)14-5-3-4-8(11)7-14/h6,8H,2-5,7,11H2,1H3,(H,12,13). The van der Waals surface area contributed by atoms with E-state index < -0.39 is 10.0 Å². The lowest BCUT2D eigenvalue weighted by atomic mass is 10.1. The molecule has 96 valence electrons. The van der Waals surface area contributed by atoms with Gasteiger partial charge in [0.05, 0.1) is 6.20 Å². The van der Waals surface area contributed by atoms with Crippen LogP contribution in [-0.4, -0.2) is 41.8 Å². The largest absolute Gasteiger partial charge is 0.332 e. The van der Waals surface area contributed by atoms with E-state index in [0.717, 1.165) is 12.8 Å². The Morgan fingerprint density at radius 3 is 3.00 bits per heavy atom. The smallest absolute Gasteiger partial charge is 0.260 e. The summed E-state index contributed by atoms with van der Waals surface area (Å²) >= 11 is 0. The first-order chi connectivity index (χ1) is 8.04. The maximum atomic E-state index is 12.3. The van der Waals surface area contributed by atoms with Crippen molar-refractivity contribution in [2.45, 2.75) is 37.3 Å². The summed E-state index contributed by atoms with van der Waals surface area (Å²) in [6.45, 7) is 2.85. The average Bonchev–Trinajstić information content (AvgIpc) is 2.78. The van der Waals surface area contributed by atoms with E-state index in [2.05, 4.69) is 9.97 Å². The highest BCUT2D eigenvalue weighted by Gasteiger charge is 2.30. The second kappa shape index (κ2) is 4.75. The summed E-state index contributed by atoms with van der Waals surface area (Å²) in [6, 6.07) is -0.0629. The Morgan fingerprint density at radius 1 is 1.65 bits per heavy atom. The highest BCUT2D eigenvalue weighted by molar-refractivity contribution is 7.89. The molecule has 0 saturated carbocycles. The predicted octanol–water partition coefficient (Wildman–Crippen LogP) is 0.0839. The minimum absolute atomic E-state index is 0.0629. The first-order valence-corrected chi connectivity index (χ1v) is 7.27. The molecule has 6 nitrogen and oxygen atoms in total. The maximum Gasteiger partial charge on any atom is 0.260 e. The van der Waals surface area contributed by atoms with Gasteiger partial charge in [0, 0.05) is 25.6 Å². The Bertz CT molecular complexity index is 482. The van der Waals surface area contributed by atoms with E-state index in [9.17, 15) is 8.42 Å². The van der Waals surface area contributed by atoms with Crippen LogP contribution in [0.3, 0.4) is 0 Å². The van der Waals surface area contributed by atoms with Crippen molar-refractivity contribution in [2.24, 2.45) is 5.73 Å². The normalized spacial score (nSPS) is 22.8. The van der Waals surface area contributed by atoms with Crippen LogP contribution in [0.15, 0.2) is 11.2 Å². The fraction of sp³-hybridized carbons (Fsp3) is 0.700. The lowest BCUT2D eigenvalue weighted by molar-refractivity contribution is 0.315. The van der Waals surface area contributed by atoms with E-state index in [1.807, 2.05) is 6.92 Å². The molecule has 1 aromatic heterocycles. The molecule has 2 rings (SSSR count). The number of aromatic amines is 1. The van der Waals surface area contributed by atoms with Crippen molar-refractivity contribution in [1.29, 1.82) is 0 Å². The number of sulfonamides is 1. The van der Waals surface area contributed by atoms with Crippen LogP contribution in [-0.2, 0) is 16.4 Å². The van der Waals surface area contributed by atoms with Crippen molar-refractivity contribution < 1.29 is 8.42 Å². The third-order valence-electron chi connectivity index (χ3n) is 2.98. The average molecular weight is 258 g/mol. The summed E-state index contributed by atoms with van der Waals surface area (Å²) in [7, 11) is -3.45. The molecule has 1 unspecified atom stereocenters. The summed E-state index contributed by atoms with van der Waals surface area (Å²) in [5.41, 5.74) is 5.80. The van der Waals surface area contributed by atoms with Crippen LogP contribution in [0.5, 0.6) is 0 Å². The van der Waals surface area contributed by atoms with Gasteiger partial charge in [-0.25, -0.2) is 13.4 Å². The van der Waals surface area contributed by atoms with Crippen molar-refractivity contribution in [3.8, 4) is 0 Å². The van der Waals surface area contributed by atoms with Gasteiger partial charge in [-0.3, -0.25) is 0 Å². The molecule has 2 heterocycles. The number of H-pyrrole nitrogens is 1. The molecule has 1 atom stereocenters. The van der Waals surface area contributed by atoms with Crippen LogP contribution < -0.4 is 5.73 Å². The fourth-order valence-corrected chi connectivity index (χ4v) is 3.45. The maximum absolute atomic E-state index is 12.3.